The first-order valence-corrected chi connectivity index (χ1v) is 4.00. The van der Waals surface area contributed by atoms with Gasteiger partial charge in [-0.15, -0.1) is 0 Å². The lowest BCUT2D eigenvalue weighted by Crippen LogP contribution is -2.09. The first-order valence-electron chi connectivity index (χ1n) is 4.00. The molecule has 0 aliphatic heterocycles. The van der Waals surface area contributed by atoms with E-state index in [-0.39, 0.29) is 0 Å². The maximum atomic E-state index is 10.6. The van der Waals surface area contributed by atoms with Gasteiger partial charge in [0.15, 0.2) is 11.5 Å². The largest absolute Gasteiger partial charge is 0.492 e. The van der Waals surface area contributed by atoms with Gasteiger partial charge in [0.05, 0.1) is 26.9 Å². The molecule has 0 N–H and O–H groups in total. The molecule has 0 aromatic carbocycles. The van der Waals surface area contributed by atoms with Crippen LogP contribution in [0.1, 0.15) is 6.42 Å². The summed E-state index contributed by atoms with van der Waals surface area (Å²) >= 11 is 0. The molecular formula is C10H11O4. The van der Waals surface area contributed by atoms with Crippen LogP contribution >= 0.6 is 0 Å². The predicted molar refractivity (Wildman–Crippen MR) is 48.6 cm³/mol. The Morgan fingerprint density at radius 3 is 2.21 bits per heavy atom. The Balaban J connectivity index is 3.20. The average Bonchev–Trinajstić information content (AvgIpc) is 2.26. The Labute approximate surface area is 82.5 Å². The molecule has 0 bridgehead atoms. The summed E-state index contributed by atoms with van der Waals surface area (Å²) in [4.78, 5) is 10.6. The van der Waals surface area contributed by atoms with Gasteiger partial charge in [0, 0.05) is 12.5 Å². The zero-order valence-corrected chi connectivity index (χ0v) is 8.34. The molecule has 1 aliphatic carbocycles. The van der Waals surface area contributed by atoms with Crippen LogP contribution in [0.25, 0.3) is 0 Å². The second kappa shape index (κ2) is 4.53. The molecule has 1 aliphatic rings. The van der Waals surface area contributed by atoms with Gasteiger partial charge in [-0.1, -0.05) is 0 Å². The molecule has 0 heterocycles. The highest BCUT2D eigenvalue weighted by molar-refractivity contribution is 5.62. The third-order valence-electron chi connectivity index (χ3n) is 1.85. The van der Waals surface area contributed by atoms with E-state index in [0.717, 1.165) is 0 Å². The van der Waals surface area contributed by atoms with E-state index in [1.54, 1.807) is 5.94 Å². The number of carbonyl (C=O) groups excluding carboxylic acids is 1. The van der Waals surface area contributed by atoms with Crippen LogP contribution < -0.4 is 0 Å². The third kappa shape index (κ3) is 1.65. The van der Waals surface area contributed by atoms with Gasteiger partial charge in [0.25, 0.3) is 0 Å². The van der Waals surface area contributed by atoms with E-state index in [1.165, 1.54) is 21.3 Å². The summed E-state index contributed by atoms with van der Waals surface area (Å²) in [5.41, 5.74) is 0.380. The molecule has 0 amide bonds. The fraction of sp³-hybridized carbons (Fsp3) is 0.400. The summed E-state index contributed by atoms with van der Waals surface area (Å²) in [5, 5.41) is 0. The van der Waals surface area contributed by atoms with Crippen molar-refractivity contribution in [2.75, 3.05) is 21.3 Å². The van der Waals surface area contributed by atoms with Gasteiger partial charge < -0.3 is 14.2 Å². The molecule has 0 atom stereocenters. The van der Waals surface area contributed by atoms with Gasteiger partial charge in [0.2, 0.25) is 5.76 Å². The van der Waals surface area contributed by atoms with Crippen LogP contribution in [0, 0.1) is 6.08 Å². The Bertz CT molecular complexity index is 332. The van der Waals surface area contributed by atoms with Crippen LogP contribution in [0.3, 0.4) is 0 Å². The number of methoxy groups -OCH3 is 3. The molecule has 0 unspecified atom stereocenters. The summed E-state index contributed by atoms with van der Waals surface area (Å²) in [6.07, 6.45) is 3.19. The van der Waals surface area contributed by atoms with Crippen molar-refractivity contribution in [3.8, 4) is 0 Å². The quantitative estimate of drug-likeness (QED) is 0.630. The van der Waals surface area contributed by atoms with Gasteiger partial charge >= 0.3 is 0 Å². The topological polar surface area (TPSA) is 44.8 Å². The SMILES string of the molecule is COC1=[C]CC(=C=O)C(OC)=C1OC. The van der Waals surface area contributed by atoms with Gasteiger partial charge in [-0.2, -0.15) is 0 Å². The molecule has 0 fully saturated rings. The van der Waals surface area contributed by atoms with Crippen LogP contribution in [-0.2, 0) is 19.0 Å². The van der Waals surface area contributed by atoms with E-state index < -0.39 is 0 Å². The van der Waals surface area contributed by atoms with Crippen molar-refractivity contribution in [3.05, 3.63) is 28.9 Å². The van der Waals surface area contributed by atoms with E-state index in [9.17, 15) is 4.79 Å². The third-order valence-corrected chi connectivity index (χ3v) is 1.85. The Morgan fingerprint density at radius 1 is 1.14 bits per heavy atom. The molecule has 75 valence electrons. The Kier molecular flexibility index (Phi) is 3.37. The smallest absolute Gasteiger partial charge is 0.204 e. The normalized spacial score (nSPS) is 15.9. The van der Waals surface area contributed by atoms with Gasteiger partial charge in [-0.3, -0.25) is 0 Å². The molecule has 0 saturated heterocycles. The van der Waals surface area contributed by atoms with Crippen molar-refractivity contribution in [2.24, 2.45) is 0 Å². The average molecular weight is 195 g/mol. The summed E-state index contributed by atoms with van der Waals surface area (Å²) in [6.45, 7) is 0. The second-order valence-electron chi connectivity index (χ2n) is 2.53. The highest BCUT2D eigenvalue weighted by Crippen LogP contribution is 2.28. The lowest BCUT2D eigenvalue weighted by molar-refractivity contribution is 0.183. The van der Waals surface area contributed by atoms with Crippen LogP contribution in [0.15, 0.2) is 22.9 Å². The molecule has 1 rings (SSSR count). The highest BCUT2D eigenvalue weighted by atomic mass is 16.5. The van der Waals surface area contributed by atoms with E-state index in [1.807, 2.05) is 0 Å². The molecule has 4 nitrogen and oxygen atoms in total. The minimum Gasteiger partial charge on any atom is -0.492 e. The predicted octanol–water partition coefficient (Wildman–Crippen LogP) is 0.986. The summed E-state index contributed by atoms with van der Waals surface area (Å²) < 4.78 is 15.1. The number of allylic oxidation sites excluding steroid dienone is 2. The summed E-state index contributed by atoms with van der Waals surface area (Å²) in [6, 6.07) is 0. The van der Waals surface area contributed by atoms with Crippen LogP contribution in [0.2, 0.25) is 0 Å². The first kappa shape index (κ1) is 10.4. The number of ether oxygens (including phenoxy) is 3. The molecule has 0 aromatic rings. The van der Waals surface area contributed by atoms with Crippen molar-refractivity contribution < 1.29 is 19.0 Å². The minimum absolute atomic E-state index is 0.322. The zero-order valence-electron chi connectivity index (χ0n) is 8.34. The molecule has 4 heteroatoms. The molecule has 0 spiro atoms. The van der Waals surface area contributed by atoms with E-state index in [4.69, 9.17) is 14.2 Å². The fourth-order valence-electron chi connectivity index (χ4n) is 1.22. The van der Waals surface area contributed by atoms with Crippen LogP contribution in [-0.4, -0.2) is 27.3 Å². The van der Waals surface area contributed by atoms with Crippen molar-refractivity contribution in [1.82, 2.24) is 0 Å². The number of rotatable bonds is 3. The Morgan fingerprint density at radius 2 is 1.79 bits per heavy atom. The van der Waals surface area contributed by atoms with E-state index in [0.29, 0.717) is 29.3 Å². The number of hydrogen-bond donors (Lipinski definition) is 0. The lowest BCUT2D eigenvalue weighted by atomic mass is 10.0. The van der Waals surface area contributed by atoms with Crippen molar-refractivity contribution in [3.63, 3.8) is 0 Å². The molecule has 0 aromatic heterocycles. The van der Waals surface area contributed by atoms with Gasteiger partial charge in [-0.25, -0.2) is 4.79 Å². The second-order valence-corrected chi connectivity index (χ2v) is 2.53. The minimum atomic E-state index is 0.322. The lowest BCUT2D eigenvalue weighted by Gasteiger charge is -2.18. The Hall–Kier alpha value is -1.67. The molecule has 0 saturated carbocycles. The molecule has 14 heavy (non-hydrogen) atoms. The standard InChI is InChI=1S/C10H11O4/c1-12-8-5-4-7(6-11)9(13-2)10(8)14-3/h4H2,1-3H3. The van der Waals surface area contributed by atoms with E-state index in [2.05, 4.69) is 6.08 Å². The van der Waals surface area contributed by atoms with Gasteiger partial charge in [-0.05, 0) is 0 Å². The number of hydrogen-bond acceptors (Lipinski definition) is 4. The fourth-order valence-corrected chi connectivity index (χ4v) is 1.22. The van der Waals surface area contributed by atoms with E-state index >= 15 is 0 Å². The summed E-state index contributed by atoms with van der Waals surface area (Å²) in [7, 11) is 4.44. The molecule has 1 radical (unpaired) electrons. The molecular weight excluding hydrogens is 184 g/mol. The first-order chi connectivity index (χ1) is 6.78. The monoisotopic (exact) mass is 195 g/mol. The zero-order chi connectivity index (χ0) is 10.6. The van der Waals surface area contributed by atoms with Crippen molar-refractivity contribution in [2.45, 2.75) is 6.42 Å². The van der Waals surface area contributed by atoms with Crippen molar-refractivity contribution in [1.29, 1.82) is 0 Å². The summed E-state index contributed by atoms with van der Waals surface area (Å²) in [5.74, 6) is 2.97. The van der Waals surface area contributed by atoms with Crippen molar-refractivity contribution >= 4 is 5.94 Å². The van der Waals surface area contributed by atoms with Crippen LogP contribution in [0.4, 0.5) is 0 Å². The maximum absolute atomic E-state index is 10.6. The van der Waals surface area contributed by atoms with Crippen LogP contribution in [0.5, 0.6) is 0 Å². The highest BCUT2D eigenvalue weighted by Gasteiger charge is 2.23. The van der Waals surface area contributed by atoms with Gasteiger partial charge in [0.1, 0.15) is 5.94 Å². The maximum Gasteiger partial charge on any atom is 0.204 e.